The highest BCUT2D eigenvalue weighted by Gasteiger charge is 2.24. The monoisotopic (exact) mass is 388 g/mol. The first kappa shape index (κ1) is 21.5. The van der Waals surface area contributed by atoms with E-state index in [9.17, 15) is 9.59 Å². The molecule has 0 spiro atoms. The zero-order chi connectivity index (χ0) is 16.2. The van der Waals surface area contributed by atoms with Crippen LogP contribution in [0.1, 0.15) is 25.7 Å². The van der Waals surface area contributed by atoms with Gasteiger partial charge in [0.15, 0.2) is 0 Å². The van der Waals surface area contributed by atoms with Crippen LogP contribution in [0.4, 0.5) is 11.4 Å². The molecule has 4 N–H and O–H groups in total. The summed E-state index contributed by atoms with van der Waals surface area (Å²) in [6.45, 7) is 2.54. The molecule has 3 rings (SSSR count). The fraction of sp³-hybridized carbons (Fsp3) is 0.529. The van der Waals surface area contributed by atoms with Gasteiger partial charge in [0.05, 0.1) is 6.04 Å². The van der Waals surface area contributed by atoms with Gasteiger partial charge >= 0.3 is 0 Å². The molecule has 1 aromatic rings. The van der Waals surface area contributed by atoms with Crippen molar-refractivity contribution in [1.29, 1.82) is 0 Å². The van der Waals surface area contributed by atoms with Crippen molar-refractivity contribution < 1.29 is 9.59 Å². The van der Waals surface area contributed by atoms with Gasteiger partial charge in [-0.1, -0.05) is 6.07 Å². The molecule has 2 aliphatic rings. The van der Waals surface area contributed by atoms with E-state index < -0.39 is 0 Å². The second-order valence-corrected chi connectivity index (χ2v) is 6.35. The second-order valence-electron chi connectivity index (χ2n) is 6.35. The van der Waals surface area contributed by atoms with E-state index >= 15 is 0 Å². The lowest BCUT2D eigenvalue weighted by Gasteiger charge is -2.32. The maximum Gasteiger partial charge on any atom is 0.241 e. The van der Waals surface area contributed by atoms with Gasteiger partial charge in [-0.25, -0.2) is 0 Å². The summed E-state index contributed by atoms with van der Waals surface area (Å²) >= 11 is 0. The summed E-state index contributed by atoms with van der Waals surface area (Å²) in [5.41, 5.74) is 7.27. The summed E-state index contributed by atoms with van der Waals surface area (Å²) in [6.07, 6.45) is 3.52. The molecule has 2 saturated heterocycles. The van der Waals surface area contributed by atoms with E-state index in [4.69, 9.17) is 5.73 Å². The quantitative estimate of drug-likeness (QED) is 0.734. The van der Waals surface area contributed by atoms with Crippen LogP contribution >= 0.6 is 24.8 Å². The summed E-state index contributed by atoms with van der Waals surface area (Å²) in [5.74, 6) is -0.176. The highest BCUT2D eigenvalue weighted by molar-refractivity contribution is 5.95. The molecule has 2 heterocycles. The van der Waals surface area contributed by atoms with E-state index in [-0.39, 0.29) is 48.6 Å². The number of carbonyl (C=O) groups is 2. The number of benzene rings is 1. The van der Waals surface area contributed by atoms with Gasteiger partial charge in [0.1, 0.15) is 0 Å². The first-order valence-corrected chi connectivity index (χ1v) is 8.32. The summed E-state index contributed by atoms with van der Waals surface area (Å²) in [7, 11) is 0. The van der Waals surface area contributed by atoms with E-state index in [1.54, 1.807) is 0 Å². The first-order valence-electron chi connectivity index (χ1n) is 8.32. The molecule has 0 aromatic heterocycles. The van der Waals surface area contributed by atoms with E-state index in [2.05, 4.69) is 15.5 Å². The van der Waals surface area contributed by atoms with Crippen molar-refractivity contribution in [2.45, 2.75) is 31.7 Å². The third kappa shape index (κ3) is 5.49. The van der Waals surface area contributed by atoms with Crippen molar-refractivity contribution in [2.24, 2.45) is 11.7 Å². The van der Waals surface area contributed by atoms with Gasteiger partial charge in [-0.05, 0) is 50.4 Å². The SMILES string of the molecule is Cl.Cl.NC(=O)C1CCN(c2cccc(NC(=O)C3CCCN3)c2)CC1. The highest BCUT2D eigenvalue weighted by Crippen LogP contribution is 2.25. The Morgan fingerprint density at radius 3 is 2.48 bits per heavy atom. The molecule has 8 heteroatoms. The lowest BCUT2D eigenvalue weighted by Crippen LogP contribution is -2.38. The van der Waals surface area contributed by atoms with Gasteiger partial charge in [0.25, 0.3) is 0 Å². The van der Waals surface area contributed by atoms with Crippen LogP contribution < -0.4 is 21.3 Å². The molecule has 2 amide bonds. The zero-order valence-electron chi connectivity index (χ0n) is 14.1. The third-order valence-electron chi connectivity index (χ3n) is 4.75. The highest BCUT2D eigenvalue weighted by atomic mass is 35.5. The number of nitrogens with two attached hydrogens (primary N) is 1. The summed E-state index contributed by atoms with van der Waals surface area (Å²) in [5, 5.41) is 6.19. The normalized spacial score (nSPS) is 20.3. The van der Waals surface area contributed by atoms with E-state index in [1.807, 2.05) is 24.3 Å². The van der Waals surface area contributed by atoms with Gasteiger partial charge in [0, 0.05) is 30.4 Å². The van der Waals surface area contributed by atoms with Gasteiger partial charge in [-0.15, -0.1) is 24.8 Å². The number of piperidine rings is 1. The van der Waals surface area contributed by atoms with Gasteiger partial charge < -0.3 is 21.3 Å². The van der Waals surface area contributed by atoms with Crippen LogP contribution in [0.2, 0.25) is 0 Å². The standard InChI is InChI=1S/C17H24N4O2.2ClH/c18-16(22)12-6-9-21(10-7-12)14-4-1-3-13(11-14)20-17(23)15-5-2-8-19-15;;/h1,3-4,11-12,15,19H,2,5-10H2,(H2,18,22)(H,20,23);2*1H. The fourth-order valence-electron chi connectivity index (χ4n) is 3.34. The molecule has 25 heavy (non-hydrogen) atoms. The molecule has 6 nitrogen and oxygen atoms in total. The Balaban J connectivity index is 0.00000156. The van der Waals surface area contributed by atoms with Crippen molar-refractivity contribution in [3.05, 3.63) is 24.3 Å². The number of anilines is 2. The first-order chi connectivity index (χ1) is 11.1. The van der Waals surface area contributed by atoms with Crippen LogP contribution in [0.3, 0.4) is 0 Å². The lowest BCUT2D eigenvalue weighted by atomic mass is 9.96. The van der Waals surface area contributed by atoms with Crippen molar-refractivity contribution in [3.63, 3.8) is 0 Å². The topological polar surface area (TPSA) is 87.5 Å². The Morgan fingerprint density at radius 1 is 1.16 bits per heavy atom. The number of halogens is 2. The molecule has 1 aromatic carbocycles. The molecule has 0 radical (unpaired) electrons. The Bertz CT molecular complexity index is 586. The summed E-state index contributed by atoms with van der Waals surface area (Å²) in [4.78, 5) is 25.7. The Kier molecular flexibility index (Phi) is 8.48. The maximum absolute atomic E-state index is 12.2. The molecule has 140 valence electrons. The van der Waals surface area contributed by atoms with Crippen LogP contribution in [0.25, 0.3) is 0 Å². The second kappa shape index (κ2) is 9.85. The number of primary amides is 1. The number of nitrogens with one attached hydrogen (secondary N) is 2. The molecular weight excluding hydrogens is 363 g/mol. The van der Waals surface area contributed by atoms with Crippen LogP contribution in [0.15, 0.2) is 24.3 Å². The van der Waals surface area contributed by atoms with E-state index in [1.165, 1.54) is 0 Å². The molecule has 0 aliphatic carbocycles. The molecule has 1 atom stereocenters. The predicted molar refractivity (Wildman–Crippen MR) is 105 cm³/mol. The van der Waals surface area contributed by atoms with Gasteiger partial charge in [-0.2, -0.15) is 0 Å². The number of rotatable bonds is 4. The molecular formula is C17H26Cl2N4O2. The van der Waals surface area contributed by atoms with E-state index in [0.717, 1.165) is 56.7 Å². The number of hydrogen-bond acceptors (Lipinski definition) is 4. The van der Waals surface area contributed by atoms with Crippen molar-refractivity contribution >= 4 is 48.0 Å². The smallest absolute Gasteiger partial charge is 0.241 e. The minimum atomic E-state index is -0.199. The van der Waals surface area contributed by atoms with Crippen molar-refractivity contribution in [1.82, 2.24) is 5.32 Å². The van der Waals surface area contributed by atoms with Crippen LogP contribution in [-0.4, -0.2) is 37.5 Å². The Labute approximate surface area is 160 Å². The summed E-state index contributed by atoms with van der Waals surface area (Å²) < 4.78 is 0. The summed E-state index contributed by atoms with van der Waals surface area (Å²) in [6, 6.07) is 7.82. The fourth-order valence-corrected chi connectivity index (χ4v) is 3.34. The predicted octanol–water partition coefficient (Wildman–Crippen LogP) is 1.92. The van der Waals surface area contributed by atoms with Crippen molar-refractivity contribution in [3.8, 4) is 0 Å². The molecule has 0 saturated carbocycles. The minimum Gasteiger partial charge on any atom is -0.371 e. The molecule has 0 bridgehead atoms. The maximum atomic E-state index is 12.2. The zero-order valence-corrected chi connectivity index (χ0v) is 15.7. The molecule has 1 unspecified atom stereocenters. The average molecular weight is 389 g/mol. The van der Waals surface area contributed by atoms with Crippen LogP contribution in [0, 0.1) is 5.92 Å². The largest absolute Gasteiger partial charge is 0.371 e. The average Bonchev–Trinajstić information content (AvgIpc) is 3.10. The number of nitrogens with zero attached hydrogens (tertiary/aromatic N) is 1. The number of amides is 2. The van der Waals surface area contributed by atoms with Gasteiger partial charge in [0.2, 0.25) is 11.8 Å². The van der Waals surface area contributed by atoms with Crippen molar-refractivity contribution in [2.75, 3.05) is 29.9 Å². The van der Waals surface area contributed by atoms with Crippen LogP contribution in [0.5, 0.6) is 0 Å². The molecule has 2 aliphatic heterocycles. The number of hydrogen-bond donors (Lipinski definition) is 3. The Hall–Kier alpha value is -1.50. The minimum absolute atomic E-state index is 0. The van der Waals surface area contributed by atoms with Crippen LogP contribution in [-0.2, 0) is 9.59 Å². The van der Waals surface area contributed by atoms with Gasteiger partial charge in [-0.3, -0.25) is 9.59 Å². The number of carbonyl (C=O) groups excluding carboxylic acids is 2. The third-order valence-corrected chi connectivity index (χ3v) is 4.75. The lowest BCUT2D eigenvalue weighted by molar-refractivity contribution is -0.122. The van der Waals surface area contributed by atoms with E-state index in [0.29, 0.717) is 0 Å². The Morgan fingerprint density at radius 2 is 1.88 bits per heavy atom. The molecule has 2 fully saturated rings.